The number of carboxylic acid groups (broad SMARTS) is 1. The minimum atomic E-state index is -1.17. The molecular weight excluding hydrogens is 516 g/mol. The minimum Gasteiger partial charge on any atom is -0.465 e. The van der Waals surface area contributed by atoms with E-state index in [0.717, 1.165) is 53.3 Å². The van der Waals surface area contributed by atoms with E-state index in [2.05, 4.69) is 59.2 Å². The SMILES string of the molecule is C[Si](C)(C)CCOCn1ccc2c(-c3cccc(C4(CNC(=O)O)Cc5ccccc5C4)c3)nc(Cl)nc21. The van der Waals surface area contributed by atoms with Gasteiger partial charge in [0.2, 0.25) is 5.28 Å². The van der Waals surface area contributed by atoms with Gasteiger partial charge < -0.3 is 19.7 Å². The summed E-state index contributed by atoms with van der Waals surface area (Å²) in [5.41, 5.74) is 5.59. The highest BCUT2D eigenvalue weighted by Crippen LogP contribution is 2.41. The second kappa shape index (κ2) is 10.5. The maximum Gasteiger partial charge on any atom is 0.404 e. The summed E-state index contributed by atoms with van der Waals surface area (Å²) in [5, 5.41) is 13.1. The number of nitrogens with one attached hydrogen (secondary N) is 1. The Morgan fingerprint density at radius 2 is 1.84 bits per heavy atom. The lowest BCUT2D eigenvalue weighted by atomic mass is 9.77. The molecule has 198 valence electrons. The molecule has 9 heteroatoms. The zero-order valence-electron chi connectivity index (χ0n) is 22.0. The summed E-state index contributed by atoms with van der Waals surface area (Å²) in [4.78, 5) is 20.6. The second-order valence-electron chi connectivity index (χ2n) is 11.4. The van der Waals surface area contributed by atoms with Crippen LogP contribution in [0, 0.1) is 0 Å². The molecule has 2 aromatic carbocycles. The summed E-state index contributed by atoms with van der Waals surface area (Å²) in [6, 6.07) is 19.7. The molecule has 0 saturated heterocycles. The Balaban J connectivity index is 1.48. The first kappa shape index (κ1) is 26.4. The molecule has 7 nitrogen and oxygen atoms in total. The number of ether oxygens (including phenoxy) is 1. The first-order valence-corrected chi connectivity index (χ1v) is 17.0. The fourth-order valence-electron chi connectivity index (χ4n) is 5.27. The zero-order chi connectivity index (χ0) is 26.9. The van der Waals surface area contributed by atoms with Gasteiger partial charge in [-0.2, -0.15) is 4.98 Å². The number of amides is 1. The van der Waals surface area contributed by atoms with Crippen molar-refractivity contribution in [3.63, 3.8) is 0 Å². The van der Waals surface area contributed by atoms with Crippen LogP contribution < -0.4 is 5.32 Å². The molecule has 0 fully saturated rings. The molecule has 5 rings (SSSR count). The van der Waals surface area contributed by atoms with Gasteiger partial charge in [-0.25, -0.2) is 9.78 Å². The van der Waals surface area contributed by atoms with Crippen LogP contribution >= 0.6 is 11.6 Å². The van der Waals surface area contributed by atoms with Crippen LogP contribution in [0.2, 0.25) is 31.0 Å². The van der Waals surface area contributed by atoms with Gasteiger partial charge in [0.05, 0.1) is 5.69 Å². The van der Waals surface area contributed by atoms with Gasteiger partial charge in [0.1, 0.15) is 12.4 Å². The molecule has 0 aliphatic heterocycles. The van der Waals surface area contributed by atoms with E-state index in [1.807, 2.05) is 41.1 Å². The molecule has 2 heterocycles. The van der Waals surface area contributed by atoms with Gasteiger partial charge in [-0.15, -0.1) is 0 Å². The quantitative estimate of drug-likeness (QED) is 0.144. The Morgan fingerprint density at radius 3 is 2.53 bits per heavy atom. The number of carbonyl (C=O) groups is 1. The van der Waals surface area contributed by atoms with Crippen molar-refractivity contribution in [2.45, 2.75) is 50.7 Å². The first-order chi connectivity index (χ1) is 18.1. The summed E-state index contributed by atoms with van der Waals surface area (Å²) >= 11 is 6.42. The highest BCUT2D eigenvalue weighted by atomic mass is 35.5. The normalized spacial score (nSPS) is 14.5. The fraction of sp³-hybridized carbons (Fsp3) is 0.345. The number of rotatable bonds is 9. The van der Waals surface area contributed by atoms with Crippen LogP contribution in [-0.2, 0) is 29.7 Å². The molecule has 0 radical (unpaired) electrons. The van der Waals surface area contributed by atoms with Gasteiger partial charge in [-0.05, 0) is 59.3 Å². The van der Waals surface area contributed by atoms with Crippen LogP contribution in [0.4, 0.5) is 4.79 Å². The van der Waals surface area contributed by atoms with Crippen LogP contribution in [0.25, 0.3) is 22.3 Å². The highest BCUT2D eigenvalue weighted by molar-refractivity contribution is 6.76. The molecule has 0 unspecified atom stereocenters. The van der Waals surface area contributed by atoms with Crippen molar-refractivity contribution in [2.24, 2.45) is 0 Å². The molecule has 1 aliphatic carbocycles. The van der Waals surface area contributed by atoms with Crippen LogP contribution in [0.5, 0.6) is 0 Å². The molecular formula is C29H33ClN4O3Si. The van der Waals surface area contributed by atoms with E-state index in [9.17, 15) is 9.90 Å². The van der Waals surface area contributed by atoms with Gasteiger partial charge in [-0.1, -0.05) is 62.1 Å². The van der Waals surface area contributed by atoms with Crippen LogP contribution in [-0.4, -0.2) is 47.0 Å². The molecule has 2 N–H and O–H groups in total. The highest BCUT2D eigenvalue weighted by Gasteiger charge is 2.39. The van der Waals surface area contributed by atoms with E-state index in [1.165, 1.54) is 11.1 Å². The summed E-state index contributed by atoms with van der Waals surface area (Å²) < 4.78 is 7.93. The van der Waals surface area contributed by atoms with Gasteiger partial charge in [0.15, 0.2) is 0 Å². The third-order valence-corrected chi connectivity index (χ3v) is 9.19. The monoisotopic (exact) mass is 548 g/mol. The topological polar surface area (TPSA) is 89.3 Å². The van der Waals surface area contributed by atoms with E-state index < -0.39 is 14.2 Å². The predicted molar refractivity (Wildman–Crippen MR) is 154 cm³/mol. The molecule has 1 aliphatic rings. The molecule has 0 atom stereocenters. The van der Waals surface area contributed by atoms with Crippen LogP contribution in [0.3, 0.4) is 0 Å². The zero-order valence-corrected chi connectivity index (χ0v) is 23.8. The lowest BCUT2D eigenvalue weighted by Crippen LogP contribution is -2.41. The molecule has 0 bridgehead atoms. The summed E-state index contributed by atoms with van der Waals surface area (Å²) in [7, 11) is -1.17. The van der Waals surface area contributed by atoms with E-state index >= 15 is 0 Å². The third kappa shape index (κ3) is 5.62. The van der Waals surface area contributed by atoms with Crippen molar-refractivity contribution in [3.05, 3.63) is 82.8 Å². The second-order valence-corrected chi connectivity index (χ2v) is 17.3. The van der Waals surface area contributed by atoms with Crippen molar-refractivity contribution in [1.82, 2.24) is 19.9 Å². The number of benzene rings is 2. The Bertz CT molecular complexity index is 1460. The van der Waals surface area contributed by atoms with Crippen molar-refractivity contribution in [2.75, 3.05) is 13.2 Å². The van der Waals surface area contributed by atoms with E-state index in [0.29, 0.717) is 13.3 Å². The fourth-order valence-corrected chi connectivity index (χ4v) is 6.19. The maximum atomic E-state index is 11.5. The Labute approximate surface area is 228 Å². The van der Waals surface area contributed by atoms with Gasteiger partial charge in [-0.3, -0.25) is 0 Å². The summed E-state index contributed by atoms with van der Waals surface area (Å²) in [6.07, 6.45) is 2.47. The Hall–Kier alpha value is -3.20. The standard InChI is InChI=1S/C29H33ClN4O3Si/c1-38(2,3)14-13-37-19-34-12-11-24-25(32-27(30)33-26(24)34)20-9-6-10-23(15-20)29(18-31-28(35)36)16-21-7-4-5-8-22(21)17-29/h4-12,15,31H,13-14,16-19H2,1-3H3,(H,35,36). The maximum absolute atomic E-state index is 11.5. The lowest BCUT2D eigenvalue weighted by molar-refractivity contribution is 0.0899. The first-order valence-electron chi connectivity index (χ1n) is 12.9. The van der Waals surface area contributed by atoms with E-state index in [1.54, 1.807) is 0 Å². The molecule has 0 saturated carbocycles. The summed E-state index contributed by atoms with van der Waals surface area (Å²) in [5.74, 6) is 0. The predicted octanol–water partition coefficient (Wildman–Crippen LogP) is 6.37. The number of halogens is 1. The largest absolute Gasteiger partial charge is 0.465 e. The van der Waals surface area contributed by atoms with Crippen molar-refractivity contribution in [1.29, 1.82) is 0 Å². The number of aromatic nitrogens is 3. The average Bonchev–Trinajstić information content (AvgIpc) is 3.46. The molecule has 1 amide bonds. The van der Waals surface area contributed by atoms with Gasteiger partial charge in [0, 0.05) is 43.8 Å². The number of fused-ring (bicyclic) bond motifs is 2. The lowest BCUT2D eigenvalue weighted by Gasteiger charge is -2.30. The average molecular weight is 549 g/mol. The van der Waals surface area contributed by atoms with Gasteiger partial charge in [0.25, 0.3) is 0 Å². The smallest absolute Gasteiger partial charge is 0.404 e. The van der Waals surface area contributed by atoms with Crippen molar-refractivity contribution in [3.8, 4) is 11.3 Å². The minimum absolute atomic E-state index is 0.176. The van der Waals surface area contributed by atoms with Crippen LogP contribution in [0.1, 0.15) is 16.7 Å². The molecule has 0 spiro atoms. The Morgan fingerprint density at radius 1 is 1.11 bits per heavy atom. The van der Waals surface area contributed by atoms with Crippen molar-refractivity contribution < 1.29 is 14.6 Å². The van der Waals surface area contributed by atoms with Gasteiger partial charge >= 0.3 is 6.09 Å². The van der Waals surface area contributed by atoms with Crippen LogP contribution in [0.15, 0.2) is 60.8 Å². The number of hydrogen-bond donors (Lipinski definition) is 2. The van der Waals surface area contributed by atoms with E-state index in [4.69, 9.17) is 16.3 Å². The number of hydrogen-bond acceptors (Lipinski definition) is 4. The molecule has 4 aromatic rings. The van der Waals surface area contributed by atoms with Crippen molar-refractivity contribution >= 4 is 36.8 Å². The Kier molecular flexibility index (Phi) is 7.31. The summed E-state index contributed by atoms with van der Waals surface area (Å²) in [6.45, 7) is 8.45. The third-order valence-electron chi connectivity index (χ3n) is 7.32. The molecule has 2 aromatic heterocycles. The molecule has 38 heavy (non-hydrogen) atoms. The van der Waals surface area contributed by atoms with E-state index in [-0.39, 0.29) is 10.7 Å². The number of nitrogens with zero attached hydrogens (tertiary/aromatic N) is 3.